The number of nitrogens with one attached hydrogen (secondary N) is 2. The van der Waals surface area contributed by atoms with E-state index in [4.69, 9.17) is 11.6 Å². The standard InChI is InChI=1S/C9H16N6O/c1-5(2)7-8(12-3-6(10)16)13-4-14-9(7)15-11/h4-5H,3,11H2,1-2H3,(H2,10,16)(H2,12,13,14,15). The van der Waals surface area contributed by atoms with Gasteiger partial charge in [0.2, 0.25) is 5.91 Å². The van der Waals surface area contributed by atoms with E-state index in [-0.39, 0.29) is 12.5 Å². The first-order chi connectivity index (χ1) is 7.56. The summed E-state index contributed by atoms with van der Waals surface area (Å²) in [5.74, 6) is 6.18. The van der Waals surface area contributed by atoms with E-state index in [1.54, 1.807) is 0 Å². The van der Waals surface area contributed by atoms with Gasteiger partial charge in [-0.25, -0.2) is 15.8 Å². The predicted molar refractivity (Wildman–Crippen MR) is 61.6 cm³/mol. The number of aromatic nitrogens is 2. The van der Waals surface area contributed by atoms with Crippen LogP contribution in [0.2, 0.25) is 0 Å². The molecule has 1 amide bonds. The number of hydrazine groups is 1. The van der Waals surface area contributed by atoms with Gasteiger partial charge in [-0.05, 0) is 5.92 Å². The molecule has 0 unspecified atom stereocenters. The Balaban J connectivity index is 3.02. The summed E-state index contributed by atoms with van der Waals surface area (Å²) in [5.41, 5.74) is 8.37. The molecule has 0 fully saturated rings. The molecule has 88 valence electrons. The monoisotopic (exact) mass is 224 g/mol. The van der Waals surface area contributed by atoms with E-state index in [0.717, 1.165) is 5.56 Å². The van der Waals surface area contributed by atoms with Gasteiger partial charge < -0.3 is 16.5 Å². The van der Waals surface area contributed by atoms with Gasteiger partial charge in [0, 0.05) is 5.56 Å². The van der Waals surface area contributed by atoms with Gasteiger partial charge in [0.15, 0.2) is 0 Å². The maximum absolute atomic E-state index is 10.7. The second-order valence-corrected chi connectivity index (χ2v) is 3.60. The van der Waals surface area contributed by atoms with E-state index in [1.807, 2.05) is 13.8 Å². The van der Waals surface area contributed by atoms with Crippen molar-refractivity contribution in [2.75, 3.05) is 17.3 Å². The van der Waals surface area contributed by atoms with Crippen LogP contribution >= 0.6 is 0 Å². The fourth-order valence-corrected chi connectivity index (χ4v) is 1.37. The highest BCUT2D eigenvalue weighted by Gasteiger charge is 2.14. The lowest BCUT2D eigenvalue weighted by molar-refractivity contribution is -0.116. The molecule has 7 heteroatoms. The number of anilines is 2. The summed E-state index contributed by atoms with van der Waals surface area (Å²) in [6.07, 6.45) is 1.37. The first kappa shape index (κ1) is 12.2. The Labute approximate surface area is 93.6 Å². The number of nitrogens with zero attached hydrogens (tertiary/aromatic N) is 2. The predicted octanol–water partition coefficient (Wildman–Crippen LogP) is -0.217. The van der Waals surface area contributed by atoms with Crippen molar-refractivity contribution in [3.8, 4) is 0 Å². The fourth-order valence-electron chi connectivity index (χ4n) is 1.37. The van der Waals surface area contributed by atoms with Gasteiger partial charge in [-0.1, -0.05) is 13.8 Å². The van der Waals surface area contributed by atoms with E-state index in [9.17, 15) is 4.79 Å². The number of carbonyl (C=O) groups excluding carboxylic acids is 1. The third kappa shape index (κ3) is 2.80. The second-order valence-electron chi connectivity index (χ2n) is 3.60. The van der Waals surface area contributed by atoms with Crippen LogP contribution in [-0.2, 0) is 4.79 Å². The van der Waals surface area contributed by atoms with E-state index < -0.39 is 5.91 Å². The van der Waals surface area contributed by atoms with Gasteiger partial charge in [-0.2, -0.15) is 0 Å². The van der Waals surface area contributed by atoms with Gasteiger partial charge in [-0.15, -0.1) is 0 Å². The number of primary amides is 1. The largest absolute Gasteiger partial charge is 0.368 e. The summed E-state index contributed by atoms with van der Waals surface area (Å²) in [5, 5.41) is 2.85. The maximum Gasteiger partial charge on any atom is 0.236 e. The Morgan fingerprint density at radius 1 is 1.44 bits per heavy atom. The van der Waals surface area contributed by atoms with Crippen LogP contribution in [0.4, 0.5) is 11.6 Å². The Hall–Kier alpha value is -1.89. The zero-order chi connectivity index (χ0) is 12.1. The Kier molecular flexibility index (Phi) is 4.01. The maximum atomic E-state index is 10.7. The molecule has 0 atom stereocenters. The minimum atomic E-state index is -0.449. The second kappa shape index (κ2) is 5.26. The third-order valence-corrected chi connectivity index (χ3v) is 2.03. The van der Waals surface area contributed by atoms with E-state index in [0.29, 0.717) is 11.6 Å². The topological polar surface area (TPSA) is 119 Å². The molecule has 0 bridgehead atoms. The highest BCUT2D eigenvalue weighted by Crippen LogP contribution is 2.27. The summed E-state index contributed by atoms with van der Waals surface area (Å²) in [4.78, 5) is 18.7. The molecule has 0 spiro atoms. The average molecular weight is 224 g/mol. The molecule has 0 radical (unpaired) electrons. The van der Waals surface area contributed by atoms with Crippen LogP contribution in [0, 0.1) is 0 Å². The Bertz CT molecular complexity index is 378. The van der Waals surface area contributed by atoms with Crippen LogP contribution in [0.1, 0.15) is 25.3 Å². The number of hydrogen-bond acceptors (Lipinski definition) is 6. The van der Waals surface area contributed by atoms with Crippen molar-refractivity contribution in [3.63, 3.8) is 0 Å². The molecule has 0 aromatic carbocycles. The van der Waals surface area contributed by atoms with Crippen molar-refractivity contribution in [1.82, 2.24) is 9.97 Å². The van der Waals surface area contributed by atoms with Crippen molar-refractivity contribution >= 4 is 17.5 Å². The van der Waals surface area contributed by atoms with E-state index in [2.05, 4.69) is 20.7 Å². The molecule has 0 aliphatic rings. The van der Waals surface area contributed by atoms with Crippen molar-refractivity contribution in [2.24, 2.45) is 11.6 Å². The highest BCUT2D eigenvalue weighted by molar-refractivity contribution is 5.79. The Morgan fingerprint density at radius 2 is 2.06 bits per heavy atom. The number of hydrogen-bond donors (Lipinski definition) is 4. The average Bonchev–Trinajstić information content (AvgIpc) is 2.25. The molecule has 6 N–H and O–H groups in total. The van der Waals surface area contributed by atoms with Gasteiger partial charge >= 0.3 is 0 Å². The molecule has 0 aliphatic heterocycles. The van der Waals surface area contributed by atoms with Gasteiger partial charge in [0.05, 0.1) is 6.54 Å². The number of nitrogens with two attached hydrogens (primary N) is 2. The number of carbonyl (C=O) groups is 1. The summed E-state index contributed by atoms with van der Waals surface area (Å²) in [6.45, 7) is 3.99. The summed E-state index contributed by atoms with van der Waals surface area (Å²) in [7, 11) is 0. The van der Waals surface area contributed by atoms with Crippen molar-refractivity contribution in [2.45, 2.75) is 19.8 Å². The normalized spacial score (nSPS) is 10.2. The van der Waals surface area contributed by atoms with Crippen LogP contribution in [0.5, 0.6) is 0 Å². The van der Waals surface area contributed by atoms with E-state index >= 15 is 0 Å². The SMILES string of the molecule is CC(C)c1c(NN)ncnc1NCC(N)=O. The number of amides is 1. The van der Waals surface area contributed by atoms with Crippen molar-refractivity contribution < 1.29 is 4.79 Å². The summed E-state index contributed by atoms with van der Waals surface area (Å²) >= 11 is 0. The minimum absolute atomic E-state index is 0.0285. The zero-order valence-electron chi connectivity index (χ0n) is 9.32. The van der Waals surface area contributed by atoms with Crippen LogP contribution < -0.4 is 22.3 Å². The molecule has 0 saturated carbocycles. The quantitative estimate of drug-likeness (QED) is 0.405. The van der Waals surface area contributed by atoms with Crippen LogP contribution in [0.3, 0.4) is 0 Å². The molecule has 1 rings (SSSR count). The molecule has 0 aliphatic carbocycles. The molecular weight excluding hydrogens is 208 g/mol. The molecule has 7 nitrogen and oxygen atoms in total. The van der Waals surface area contributed by atoms with Crippen molar-refractivity contribution in [3.05, 3.63) is 11.9 Å². The first-order valence-corrected chi connectivity index (χ1v) is 4.90. The molecule has 1 heterocycles. The van der Waals surface area contributed by atoms with Gasteiger partial charge in [0.25, 0.3) is 0 Å². The molecule has 1 aromatic heterocycles. The summed E-state index contributed by atoms with van der Waals surface area (Å²) in [6, 6.07) is 0. The smallest absolute Gasteiger partial charge is 0.236 e. The van der Waals surface area contributed by atoms with E-state index in [1.165, 1.54) is 6.33 Å². The first-order valence-electron chi connectivity index (χ1n) is 4.90. The number of nitrogen functional groups attached to an aromatic ring is 1. The highest BCUT2D eigenvalue weighted by atomic mass is 16.1. The van der Waals surface area contributed by atoms with Crippen LogP contribution in [-0.4, -0.2) is 22.4 Å². The fraction of sp³-hybridized carbons (Fsp3) is 0.444. The Morgan fingerprint density at radius 3 is 2.56 bits per heavy atom. The van der Waals surface area contributed by atoms with Crippen LogP contribution in [0.25, 0.3) is 0 Å². The van der Waals surface area contributed by atoms with Crippen molar-refractivity contribution in [1.29, 1.82) is 0 Å². The van der Waals surface area contributed by atoms with Gasteiger partial charge in [-0.3, -0.25) is 4.79 Å². The number of rotatable bonds is 5. The molecular formula is C9H16N6O. The molecule has 0 saturated heterocycles. The lowest BCUT2D eigenvalue weighted by Crippen LogP contribution is -2.23. The zero-order valence-corrected chi connectivity index (χ0v) is 9.32. The lowest BCUT2D eigenvalue weighted by atomic mass is 10.0. The summed E-state index contributed by atoms with van der Waals surface area (Å²) < 4.78 is 0. The van der Waals surface area contributed by atoms with Crippen LogP contribution in [0.15, 0.2) is 6.33 Å². The lowest BCUT2D eigenvalue weighted by Gasteiger charge is -2.15. The molecule has 1 aromatic rings. The third-order valence-electron chi connectivity index (χ3n) is 2.03. The van der Waals surface area contributed by atoms with Gasteiger partial charge in [0.1, 0.15) is 18.0 Å². The molecule has 16 heavy (non-hydrogen) atoms. The minimum Gasteiger partial charge on any atom is -0.368 e.